The van der Waals surface area contributed by atoms with Gasteiger partial charge >= 0.3 is 0 Å². The number of rotatable bonds is 5. The van der Waals surface area contributed by atoms with Gasteiger partial charge in [-0.15, -0.1) is 0 Å². The molecule has 2 N–H and O–H groups in total. The van der Waals surface area contributed by atoms with Gasteiger partial charge in [-0.3, -0.25) is 10.1 Å². The molecule has 0 unspecified atom stereocenters. The molecule has 1 aromatic heterocycles. The number of piperazine rings is 1. The Labute approximate surface area is 166 Å². The van der Waals surface area contributed by atoms with Crippen LogP contribution in [0.3, 0.4) is 0 Å². The first-order valence-corrected chi connectivity index (χ1v) is 9.37. The van der Waals surface area contributed by atoms with Crippen LogP contribution < -0.4 is 15.5 Å². The average molecular weight is 399 g/mol. The molecule has 1 saturated heterocycles. The Kier molecular flexibility index (Phi) is 5.23. The van der Waals surface area contributed by atoms with E-state index in [-0.39, 0.29) is 10.6 Å². The summed E-state index contributed by atoms with van der Waals surface area (Å²) in [7, 11) is 0. The number of halogens is 1. The number of hydrogen-bond acceptors (Lipinski definition) is 7. The molecule has 3 aromatic rings. The maximum Gasteiger partial charge on any atom is 0.293 e. The number of nitrogens with zero attached hydrogens (tertiary/aromatic N) is 4. The first kappa shape index (κ1) is 18.4. The van der Waals surface area contributed by atoms with Crippen molar-refractivity contribution in [3.63, 3.8) is 0 Å². The molecule has 144 valence electrons. The van der Waals surface area contributed by atoms with Crippen LogP contribution in [0.2, 0.25) is 5.02 Å². The summed E-state index contributed by atoms with van der Waals surface area (Å²) < 4.78 is 0. The van der Waals surface area contributed by atoms with Gasteiger partial charge in [-0.2, -0.15) is 0 Å². The standard InChI is InChI=1S/C19H19ClN6O2/c20-14-3-1-13(2-4-14)11-22-19-15-9-18(26(27)28)17(10-16(15)23-12-24-19)25-7-5-21-6-8-25/h1-4,9-10,12,21H,5-8,11H2,(H,22,23,24). The van der Waals surface area contributed by atoms with E-state index in [0.717, 1.165) is 31.7 Å². The summed E-state index contributed by atoms with van der Waals surface area (Å²) in [6.45, 7) is 3.56. The highest BCUT2D eigenvalue weighted by molar-refractivity contribution is 6.30. The second-order valence-electron chi connectivity index (χ2n) is 6.55. The van der Waals surface area contributed by atoms with Crippen LogP contribution in [0.4, 0.5) is 17.2 Å². The molecule has 0 bridgehead atoms. The second-order valence-corrected chi connectivity index (χ2v) is 6.99. The largest absolute Gasteiger partial charge is 0.365 e. The second kappa shape index (κ2) is 7.95. The van der Waals surface area contributed by atoms with E-state index in [2.05, 4.69) is 20.6 Å². The molecule has 9 heteroatoms. The van der Waals surface area contributed by atoms with E-state index < -0.39 is 0 Å². The molecule has 0 aliphatic carbocycles. The summed E-state index contributed by atoms with van der Waals surface area (Å²) in [6, 6.07) is 10.8. The van der Waals surface area contributed by atoms with Crippen molar-refractivity contribution in [1.82, 2.24) is 15.3 Å². The third-order valence-corrected chi connectivity index (χ3v) is 5.01. The first-order chi connectivity index (χ1) is 13.6. The molecule has 0 atom stereocenters. The van der Waals surface area contributed by atoms with Crippen LogP contribution in [0, 0.1) is 10.1 Å². The van der Waals surface area contributed by atoms with Crippen LogP contribution in [-0.2, 0) is 6.54 Å². The molecule has 1 aliphatic rings. The molecule has 0 amide bonds. The van der Waals surface area contributed by atoms with Crippen molar-refractivity contribution < 1.29 is 4.92 Å². The van der Waals surface area contributed by atoms with E-state index in [4.69, 9.17) is 11.6 Å². The topological polar surface area (TPSA) is 96.2 Å². The summed E-state index contributed by atoms with van der Waals surface area (Å²) in [5, 5.41) is 19.5. The quantitative estimate of drug-likeness (QED) is 0.503. The van der Waals surface area contributed by atoms with Crippen molar-refractivity contribution in [2.24, 2.45) is 0 Å². The van der Waals surface area contributed by atoms with Gasteiger partial charge < -0.3 is 15.5 Å². The number of nitrogens with one attached hydrogen (secondary N) is 2. The van der Waals surface area contributed by atoms with Crippen molar-refractivity contribution in [2.45, 2.75) is 6.54 Å². The molecule has 4 rings (SSSR count). The summed E-state index contributed by atoms with van der Waals surface area (Å²) in [5.74, 6) is 0.565. The maximum atomic E-state index is 11.7. The van der Waals surface area contributed by atoms with Gasteiger partial charge in [0.25, 0.3) is 5.69 Å². The molecule has 1 fully saturated rings. The molecule has 8 nitrogen and oxygen atoms in total. The Morgan fingerprint density at radius 2 is 1.93 bits per heavy atom. The molecular weight excluding hydrogens is 380 g/mol. The van der Waals surface area contributed by atoms with E-state index in [1.165, 1.54) is 6.33 Å². The van der Waals surface area contributed by atoms with E-state index in [9.17, 15) is 10.1 Å². The minimum absolute atomic E-state index is 0.0683. The lowest BCUT2D eigenvalue weighted by molar-refractivity contribution is -0.384. The van der Waals surface area contributed by atoms with Gasteiger partial charge in [0, 0.05) is 49.2 Å². The molecule has 0 spiro atoms. The smallest absolute Gasteiger partial charge is 0.293 e. The molecule has 2 aromatic carbocycles. The van der Waals surface area contributed by atoms with Crippen LogP contribution in [-0.4, -0.2) is 41.1 Å². The summed E-state index contributed by atoms with van der Waals surface area (Å²) >= 11 is 5.92. The van der Waals surface area contributed by atoms with Crippen LogP contribution in [0.5, 0.6) is 0 Å². The lowest BCUT2D eigenvalue weighted by Gasteiger charge is -2.29. The molecule has 0 saturated carbocycles. The third-order valence-electron chi connectivity index (χ3n) is 4.76. The lowest BCUT2D eigenvalue weighted by atomic mass is 10.1. The highest BCUT2D eigenvalue weighted by atomic mass is 35.5. The van der Waals surface area contributed by atoms with Crippen molar-refractivity contribution in [1.29, 1.82) is 0 Å². The van der Waals surface area contributed by atoms with E-state index >= 15 is 0 Å². The van der Waals surface area contributed by atoms with Gasteiger partial charge in [0.15, 0.2) is 0 Å². The van der Waals surface area contributed by atoms with Crippen molar-refractivity contribution in [3.8, 4) is 0 Å². The Hall–Kier alpha value is -2.97. The van der Waals surface area contributed by atoms with Gasteiger partial charge in [0.05, 0.1) is 10.4 Å². The predicted octanol–water partition coefficient (Wildman–Crippen LogP) is 3.21. The SMILES string of the molecule is O=[N+]([O-])c1cc2c(NCc3ccc(Cl)cc3)ncnc2cc1N1CCNCC1. The number of benzene rings is 2. The number of fused-ring (bicyclic) bond motifs is 1. The zero-order valence-corrected chi connectivity index (χ0v) is 15.8. The molecular formula is C19H19ClN6O2. The molecule has 0 radical (unpaired) electrons. The highest BCUT2D eigenvalue weighted by Gasteiger charge is 2.23. The van der Waals surface area contributed by atoms with Crippen LogP contribution in [0.15, 0.2) is 42.7 Å². The fourth-order valence-corrected chi connectivity index (χ4v) is 3.44. The van der Waals surface area contributed by atoms with Crippen LogP contribution >= 0.6 is 11.6 Å². The molecule has 2 heterocycles. The first-order valence-electron chi connectivity index (χ1n) is 8.99. The number of nitro groups is 1. The number of anilines is 2. The Morgan fingerprint density at radius 3 is 2.64 bits per heavy atom. The predicted molar refractivity (Wildman–Crippen MR) is 110 cm³/mol. The van der Waals surface area contributed by atoms with Crippen LogP contribution in [0.1, 0.15) is 5.56 Å². The minimum Gasteiger partial charge on any atom is -0.365 e. The number of aromatic nitrogens is 2. The van der Waals surface area contributed by atoms with E-state index in [1.807, 2.05) is 29.2 Å². The summed E-state index contributed by atoms with van der Waals surface area (Å²) in [5.41, 5.74) is 2.37. The fourth-order valence-electron chi connectivity index (χ4n) is 3.31. The van der Waals surface area contributed by atoms with Crippen LogP contribution in [0.25, 0.3) is 10.9 Å². The zero-order chi connectivity index (χ0) is 19.5. The van der Waals surface area contributed by atoms with Gasteiger partial charge in [0.2, 0.25) is 0 Å². The Morgan fingerprint density at radius 1 is 1.18 bits per heavy atom. The summed E-state index contributed by atoms with van der Waals surface area (Å²) in [4.78, 5) is 22.0. The average Bonchev–Trinajstić information content (AvgIpc) is 2.73. The summed E-state index contributed by atoms with van der Waals surface area (Å²) in [6.07, 6.45) is 1.47. The fraction of sp³-hybridized carbons (Fsp3) is 0.263. The maximum absolute atomic E-state index is 11.7. The Balaban J connectivity index is 1.69. The van der Waals surface area contributed by atoms with Crippen molar-refractivity contribution >= 4 is 39.7 Å². The van der Waals surface area contributed by atoms with Crippen molar-refractivity contribution in [3.05, 3.63) is 63.4 Å². The minimum atomic E-state index is -0.340. The number of hydrogen-bond donors (Lipinski definition) is 2. The number of nitro benzene ring substituents is 1. The molecule has 1 aliphatic heterocycles. The van der Waals surface area contributed by atoms with Gasteiger partial charge in [0.1, 0.15) is 17.8 Å². The Bertz CT molecular complexity index is 1010. The highest BCUT2D eigenvalue weighted by Crippen LogP contribution is 2.34. The van der Waals surface area contributed by atoms with Gasteiger partial charge in [-0.1, -0.05) is 23.7 Å². The molecule has 28 heavy (non-hydrogen) atoms. The van der Waals surface area contributed by atoms with Gasteiger partial charge in [-0.05, 0) is 23.8 Å². The zero-order valence-electron chi connectivity index (χ0n) is 15.1. The van der Waals surface area contributed by atoms with E-state index in [0.29, 0.717) is 34.0 Å². The monoisotopic (exact) mass is 398 g/mol. The third kappa shape index (κ3) is 3.83. The van der Waals surface area contributed by atoms with Crippen molar-refractivity contribution in [2.75, 3.05) is 36.4 Å². The van der Waals surface area contributed by atoms with Gasteiger partial charge in [-0.25, -0.2) is 9.97 Å². The lowest BCUT2D eigenvalue weighted by Crippen LogP contribution is -2.43. The van der Waals surface area contributed by atoms with E-state index in [1.54, 1.807) is 12.1 Å². The normalized spacial score (nSPS) is 14.2.